The molecule has 5 fully saturated rings. The second-order valence-corrected chi connectivity index (χ2v) is 7.61. The Morgan fingerprint density at radius 1 is 0.611 bits per heavy atom. The Bertz CT molecular complexity index is 639. The van der Waals surface area contributed by atoms with Gasteiger partial charge in [0.2, 0.25) is 0 Å². The third kappa shape index (κ3) is 10.6. The fraction of sp³-hybridized carbons (Fsp3) is 0.179. The number of rotatable bonds is 3. The number of hydrogen-bond acceptors (Lipinski definition) is 4. The van der Waals surface area contributed by atoms with Gasteiger partial charge in [-0.05, 0) is 116 Å². The summed E-state index contributed by atoms with van der Waals surface area (Å²) in [7, 11) is 1.88. The molecule has 1 saturated heterocycles. The zero-order valence-electron chi connectivity index (χ0n) is 20.0. The molecule has 20 radical (unpaired) electrons. The fourth-order valence-electron chi connectivity index (χ4n) is 3.70. The Kier molecular flexibility index (Phi) is 18.8. The average molecular weight is 676 g/mol. The van der Waals surface area contributed by atoms with Crippen LogP contribution in [0.15, 0.2) is 0 Å². The maximum absolute atomic E-state index is 5.52. The van der Waals surface area contributed by atoms with Gasteiger partial charge in [-0.2, -0.15) is 0 Å². The van der Waals surface area contributed by atoms with Crippen molar-refractivity contribution in [2.45, 2.75) is 0 Å². The Morgan fingerprint density at radius 2 is 0.944 bits per heavy atom. The maximum Gasteiger partial charge on any atom is 2.00 e. The van der Waals surface area contributed by atoms with Gasteiger partial charge in [-0.3, -0.25) is 0 Å². The molecule has 0 aromatic carbocycles. The molecule has 0 amide bonds. The fourth-order valence-corrected chi connectivity index (χ4v) is 3.70. The maximum atomic E-state index is 5.52. The molecule has 0 atom stereocenters. The first kappa shape index (κ1) is 34.6. The molecular weight excluding hydrogens is 647 g/mol. The molecule has 1 aliphatic heterocycles. The number of morpholine rings is 1. The molecule has 4 saturated carbocycles. The minimum absolute atomic E-state index is 0. The van der Waals surface area contributed by atoms with Crippen LogP contribution in [-0.4, -0.2) is 36.5 Å². The van der Waals surface area contributed by atoms with E-state index in [4.69, 9.17) is 4.74 Å². The van der Waals surface area contributed by atoms with Crippen LogP contribution in [0.2, 0.25) is 0 Å². The number of aromatic nitrogens is 3. The summed E-state index contributed by atoms with van der Waals surface area (Å²) in [6.45, 7) is 3.20. The molecule has 36 heavy (non-hydrogen) atoms. The van der Waals surface area contributed by atoms with Crippen LogP contribution in [0.4, 0.5) is 5.69 Å². The van der Waals surface area contributed by atoms with Crippen LogP contribution in [0.3, 0.4) is 0 Å². The van der Waals surface area contributed by atoms with E-state index in [1.165, 1.54) is 0 Å². The Morgan fingerprint density at radius 3 is 1.28 bits per heavy atom. The standard InChI is InChI=1S/C18H19N4O.2C5H5.2Fe.HI/c1-21-19-16(14-6-2-3-7-14)18(22-10-12-23-13-11-22)17(20-21)15-8-4-5-9-15;2*1-2-4-5-3-1;;;/h2-9H,10-13H2,1H3;2*1-5H;;;1H/q+1;;;2*+2;/p-1. The number of anilines is 1. The molecular formula is C28H29Fe2IN4O+4. The average Bonchev–Trinajstić information content (AvgIpc) is 3.70. The summed E-state index contributed by atoms with van der Waals surface area (Å²) in [4.78, 5) is 4.00. The monoisotopic (exact) mass is 676 g/mol. The minimum Gasteiger partial charge on any atom is -1.00 e. The molecule has 0 spiro atoms. The summed E-state index contributed by atoms with van der Waals surface area (Å²) < 4.78 is 5.52. The van der Waals surface area contributed by atoms with Crippen LogP contribution in [0, 0.1) is 127 Å². The molecule has 1 aromatic rings. The minimum atomic E-state index is 0. The second kappa shape index (κ2) is 19.6. The van der Waals surface area contributed by atoms with E-state index in [9.17, 15) is 0 Å². The third-order valence-corrected chi connectivity index (χ3v) is 5.25. The van der Waals surface area contributed by atoms with Crippen molar-refractivity contribution in [3.05, 3.63) is 139 Å². The first-order chi connectivity index (χ1) is 16.3. The molecule has 186 valence electrons. The molecule has 2 heterocycles. The molecule has 0 N–H and O–H groups in total. The number of ether oxygens (including phenoxy) is 1. The van der Waals surface area contributed by atoms with E-state index in [-0.39, 0.29) is 58.1 Å². The van der Waals surface area contributed by atoms with Gasteiger partial charge < -0.3 is 33.6 Å². The van der Waals surface area contributed by atoms with Crippen LogP contribution in [0.5, 0.6) is 0 Å². The molecule has 0 unspecified atom stereocenters. The Balaban J connectivity index is 0.000000418. The van der Waals surface area contributed by atoms with Gasteiger partial charge in [-0.1, -0.05) is 0 Å². The van der Waals surface area contributed by atoms with Crippen LogP contribution in [-0.2, 0) is 45.9 Å². The van der Waals surface area contributed by atoms with E-state index in [0.717, 1.165) is 55.2 Å². The summed E-state index contributed by atoms with van der Waals surface area (Å²) in [6.07, 6.45) is 36.6. The molecule has 6 rings (SSSR count). The van der Waals surface area contributed by atoms with Crippen LogP contribution >= 0.6 is 0 Å². The van der Waals surface area contributed by atoms with E-state index in [2.05, 4.69) is 40.8 Å². The molecule has 5 nitrogen and oxygen atoms in total. The van der Waals surface area contributed by atoms with Gasteiger partial charge in [0, 0.05) is 39.9 Å². The van der Waals surface area contributed by atoms with E-state index in [1.807, 2.05) is 96.9 Å². The van der Waals surface area contributed by atoms with Gasteiger partial charge in [0.1, 0.15) is 11.4 Å². The van der Waals surface area contributed by atoms with Crippen molar-refractivity contribution in [3.63, 3.8) is 0 Å². The molecule has 8 heteroatoms. The largest absolute Gasteiger partial charge is 2.00 e. The number of halogens is 1. The first-order valence-electron chi connectivity index (χ1n) is 11.2. The summed E-state index contributed by atoms with van der Waals surface area (Å²) in [5.74, 6) is 2.24. The van der Waals surface area contributed by atoms with Crippen molar-refractivity contribution in [1.29, 1.82) is 0 Å². The van der Waals surface area contributed by atoms with Crippen molar-refractivity contribution in [2.24, 2.45) is 7.05 Å². The summed E-state index contributed by atoms with van der Waals surface area (Å²) in [6, 6.07) is 0. The topological polar surface area (TPSA) is 42.1 Å². The second-order valence-electron chi connectivity index (χ2n) is 7.61. The van der Waals surface area contributed by atoms with Crippen molar-refractivity contribution >= 4 is 5.69 Å². The van der Waals surface area contributed by atoms with E-state index < -0.39 is 0 Å². The van der Waals surface area contributed by atoms with Crippen molar-refractivity contribution < 1.29 is 67.6 Å². The van der Waals surface area contributed by atoms with E-state index in [1.54, 1.807) is 4.80 Å². The quantitative estimate of drug-likeness (QED) is 0.251. The Labute approximate surface area is 259 Å². The van der Waals surface area contributed by atoms with Gasteiger partial charge in [-0.15, -0.1) is 0 Å². The number of nitrogens with zero attached hydrogens (tertiary/aromatic N) is 4. The smallest absolute Gasteiger partial charge is 1.00 e. The van der Waals surface area contributed by atoms with Crippen molar-refractivity contribution in [1.82, 2.24) is 10.2 Å². The van der Waals surface area contributed by atoms with Crippen LogP contribution in [0.1, 0.15) is 11.4 Å². The van der Waals surface area contributed by atoms with Gasteiger partial charge in [-0.25, -0.2) is 0 Å². The van der Waals surface area contributed by atoms with E-state index in [0.29, 0.717) is 0 Å². The van der Waals surface area contributed by atoms with E-state index >= 15 is 0 Å². The summed E-state index contributed by atoms with van der Waals surface area (Å²) in [5.41, 5.74) is 3.06. The molecule has 0 bridgehead atoms. The zero-order chi connectivity index (χ0) is 22.7. The van der Waals surface area contributed by atoms with Crippen LogP contribution in [0.25, 0.3) is 0 Å². The number of aryl methyl sites for hydroxylation is 1. The molecule has 5 aliphatic rings. The van der Waals surface area contributed by atoms with Gasteiger partial charge in [0.05, 0.1) is 18.9 Å². The molecule has 4 aliphatic carbocycles. The van der Waals surface area contributed by atoms with Gasteiger partial charge in [0.15, 0.2) is 7.05 Å². The summed E-state index contributed by atoms with van der Waals surface area (Å²) >= 11 is 0. The first-order valence-corrected chi connectivity index (χ1v) is 11.2. The predicted octanol–water partition coefficient (Wildman–Crippen LogP) is -0.314. The third-order valence-electron chi connectivity index (χ3n) is 5.25. The van der Waals surface area contributed by atoms with Crippen molar-refractivity contribution in [2.75, 3.05) is 31.2 Å². The van der Waals surface area contributed by atoms with Gasteiger partial charge in [0.25, 0.3) is 0 Å². The Hall–Kier alpha value is 0.539. The number of hydrogen-bond donors (Lipinski definition) is 0. The zero-order valence-corrected chi connectivity index (χ0v) is 24.4. The van der Waals surface area contributed by atoms with Gasteiger partial charge >= 0.3 is 34.1 Å². The summed E-state index contributed by atoms with van der Waals surface area (Å²) in [5, 5.41) is 9.37. The van der Waals surface area contributed by atoms with Crippen LogP contribution < -0.4 is 33.7 Å². The SMILES string of the molecule is C[n+]1nc([C]2[CH][CH][CH][CH]2)c(N2CCOCC2)c([C]2[CH][CH][CH][CH]2)n1.[CH]1[CH][CH][CH][CH]1.[CH]1[CH][CH][CH][CH]1.[Fe+2].[Fe+2].[I-]. The normalized spacial score (nSPS) is 21.9. The predicted molar refractivity (Wildman–Crippen MR) is 128 cm³/mol. The molecule has 1 aromatic heterocycles. The van der Waals surface area contributed by atoms with Crippen molar-refractivity contribution in [3.8, 4) is 0 Å².